The Hall–Kier alpha value is -3.45. The lowest BCUT2D eigenvalue weighted by Gasteiger charge is -2.13. The third-order valence-electron chi connectivity index (χ3n) is 4.91. The van der Waals surface area contributed by atoms with E-state index in [-0.39, 0.29) is 24.6 Å². The molecule has 0 spiro atoms. The first-order valence-corrected chi connectivity index (χ1v) is 10.5. The van der Waals surface area contributed by atoms with E-state index in [1.807, 2.05) is 55.5 Å². The van der Waals surface area contributed by atoms with Gasteiger partial charge in [-0.3, -0.25) is 18.7 Å². The van der Waals surface area contributed by atoms with Gasteiger partial charge in [0, 0.05) is 12.2 Å². The molecule has 0 saturated carbocycles. The van der Waals surface area contributed by atoms with Crippen molar-refractivity contribution < 1.29 is 4.79 Å². The van der Waals surface area contributed by atoms with Gasteiger partial charge in [0.15, 0.2) is 0 Å². The molecule has 0 fully saturated rings. The van der Waals surface area contributed by atoms with Crippen molar-refractivity contribution >= 4 is 33.1 Å². The lowest BCUT2D eigenvalue weighted by atomic mass is 10.1. The van der Waals surface area contributed by atoms with E-state index in [4.69, 9.17) is 0 Å². The van der Waals surface area contributed by atoms with Crippen LogP contribution >= 0.6 is 11.3 Å². The second-order valence-corrected chi connectivity index (χ2v) is 8.03. The van der Waals surface area contributed by atoms with Crippen LogP contribution in [0.2, 0.25) is 0 Å². The van der Waals surface area contributed by atoms with Crippen LogP contribution in [0, 0.1) is 6.92 Å². The minimum absolute atomic E-state index is 0.161. The molecule has 0 atom stereocenters. The number of nitrogens with one attached hydrogen (secondary N) is 1. The van der Waals surface area contributed by atoms with Crippen LogP contribution in [0.15, 0.2) is 75.6 Å². The predicted octanol–water partition coefficient (Wildman–Crippen LogP) is 3.41. The van der Waals surface area contributed by atoms with E-state index in [9.17, 15) is 14.4 Å². The van der Waals surface area contributed by atoms with Gasteiger partial charge in [-0.1, -0.05) is 42.5 Å². The topological polar surface area (TPSA) is 73.1 Å². The van der Waals surface area contributed by atoms with Crippen molar-refractivity contribution in [3.05, 3.63) is 98.0 Å². The molecule has 2 aromatic heterocycles. The summed E-state index contributed by atoms with van der Waals surface area (Å²) in [6, 6.07) is 18.9. The Labute approximate surface area is 177 Å². The summed E-state index contributed by atoms with van der Waals surface area (Å²) in [4.78, 5) is 38.6. The van der Waals surface area contributed by atoms with Crippen LogP contribution in [0.5, 0.6) is 0 Å². The average molecular weight is 420 g/mol. The molecule has 0 aliphatic rings. The summed E-state index contributed by atoms with van der Waals surface area (Å²) in [5, 5.41) is 4.59. The number of amides is 1. The lowest BCUT2D eigenvalue weighted by molar-refractivity contribution is -0.116. The fraction of sp³-hybridized carbons (Fsp3) is 0.174. The van der Waals surface area contributed by atoms with E-state index in [1.54, 1.807) is 17.5 Å². The van der Waals surface area contributed by atoms with E-state index in [2.05, 4.69) is 5.32 Å². The first kappa shape index (κ1) is 19.8. The Morgan fingerprint density at radius 2 is 1.80 bits per heavy atom. The summed E-state index contributed by atoms with van der Waals surface area (Å²) in [7, 11) is 0. The zero-order valence-corrected chi connectivity index (χ0v) is 17.3. The monoisotopic (exact) mass is 419 g/mol. The Balaban J connectivity index is 1.65. The normalized spacial score (nSPS) is 11.0. The summed E-state index contributed by atoms with van der Waals surface area (Å²) in [6.07, 6.45) is 0.558. The largest absolute Gasteiger partial charge is 0.332 e. The number of hydrogen-bond donors (Lipinski definition) is 1. The minimum atomic E-state index is -0.471. The molecule has 1 amide bonds. The van der Waals surface area contributed by atoms with Gasteiger partial charge in [0.1, 0.15) is 11.2 Å². The molecule has 0 radical (unpaired) electrons. The molecule has 0 aliphatic carbocycles. The highest BCUT2D eigenvalue weighted by molar-refractivity contribution is 7.17. The van der Waals surface area contributed by atoms with Gasteiger partial charge in [-0.2, -0.15) is 0 Å². The number of nitrogens with zero attached hydrogens (tertiary/aromatic N) is 2. The lowest BCUT2D eigenvalue weighted by Crippen LogP contribution is -2.41. The van der Waals surface area contributed by atoms with E-state index < -0.39 is 5.69 Å². The molecule has 30 heavy (non-hydrogen) atoms. The van der Waals surface area contributed by atoms with Gasteiger partial charge in [-0.15, -0.1) is 11.3 Å². The molecule has 0 aliphatic heterocycles. The van der Waals surface area contributed by atoms with Crippen LogP contribution in [-0.2, 0) is 24.3 Å². The number of carbonyl (C=O) groups excluding carboxylic acids is 1. The number of hydrogen-bond acceptors (Lipinski definition) is 4. The molecular weight excluding hydrogens is 398 g/mol. The van der Waals surface area contributed by atoms with Crippen LogP contribution < -0.4 is 16.6 Å². The maximum atomic E-state index is 13.1. The van der Waals surface area contributed by atoms with Crippen molar-refractivity contribution in [3.8, 4) is 0 Å². The molecular formula is C23H21N3O3S. The van der Waals surface area contributed by atoms with Crippen molar-refractivity contribution in [2.45, 2.75) is 26.4 Å². The summed E-state index contributed by atoms with van der Waals surface area (Å²) in [6.45, 7) is 2.04. The third-order valence-corrected chi connectivity index (χ3v) is 5.80. The van der Waals surface area contributed by atoms with Crippen molar-refractivity contribution in [2.24, 2.45) is 0 Å². The van der Waals surface area contributed by atoms with Crippen LogP contribution in [0.1, 0.15) is 11.1 Å². The van der Waals surface area contributed by atoms with Crippen LogP contribution in [0.4, 0.5) is 5.69 Å². The average Bonchev–Trinajstić information content (AvgIpc) is 3.22. The second-order valence-electron chi connectivity index (χ2n) is 7.11. The van der Waals surface area contributed by atoms with Crippen molar-refractivity contribution in [3.63, 3.8) is 0 Å². The second kappa shape index (κ2) is 8.51. The van der Waals surface area contributed by atoms with Crippen molar-refractivity contribution in [1.29, 1.82) is 0 Å². The summed E-state index contributed by atoms with van der Waals surface area (Å²) < 4.78 is 3.08. The standard InChI is InChI=1S/C23H21N3O3S/c1-16-6-5-9-18(14-16)24-20(27)15-26-19-11-13-30-21(19)22(28)25(23(26)29)12-10-17-7-3-2-4-8-17/h2-9,11,13-14H,10,12,15H2,1H3,(H,24,27). The molecule has 6 nitrogen and oxygen atoms in total. The number of rotatable bonds is 6. The quantitative estimate of drug-likeness (QED) is 0.521. The van der Waals surface area contributed by atoms with Gasteiger partial charge in [0.25, 0.3) is 5.56 Å². The number of thiophene rings is 1. The minimum Gasteiger partial charge on any atom is -0.325 e. The van der Waals surface area contributed by atoms with Crippen molar-refractivity contribution in [1.82, 2.24) is 9.13 Å². The number of aryl methyl sites for hydroxylation is 2. The summed E-state index contributed by atoms with van der Waals surface area (Å²) in [5.41, 5.74) is 2.45. The molecule has 0 bridgehead atoms. The Bertz CT molecular complexity index is 1320. The van der Waals surface area contributed by atoms with Gasteiger partial charge in [0.05, 0.1) is 5.52 Å². The number of anilines is 1. The van der Waals surface area contributed by atoms with Gasteiger partial charge >= 0.3 is 5.69 Å². The van der Waals surface area contributed by atoms with Gasteiger partial charge in [0.2, 0.25) is 5.91 Å². The number of aromatic nitrogens is 2. The van der Waals surface area contributed by atoms with E-state index in [0.717, 1.165) is 11.1 Å². The third kappa shape index (κ3) is 4.11. The fourth-order valence-corrected chi connectivity index (χ4v) is 4.28. The molecule has 0 unspecified atom stereocenters. The Morgan fingerprint density at radius 3 is 2.57 bits per heavy atom. The van der Waals surface area contributed by atoms with Crippen molar-refractivity contribution in [2.75, 3.05) is 5.32 Å². The Kier molecular flexibility index (Phi) is 5.63. The zero-order chi connectivity index (χ0) is 21.1. The first-order valence-electron chi connectivity index (χ1n) is 9.64. The molecule has 2 heterocycles. The number of benzene rings is 2. The van der Waals surface area contributed by atoms with Gasteiger partial charge < -0.3 is 5.32 Å². The maximum absolute atomic E-state index is 13.1. The number of fused-ring (bicyclic) bond motifs is 1. The summed E-state index contributed by atoms with van der Waals surface area (Å²) in [5.74, 6) is -0.316. The molecule has 7 heteroatoms. The molecule has 4 rings (SSSR count). The molecule has 1 N–H and O–H groups in total. The Morgan fingerprint density at radius 1 is 1.00 bits per heavy atom. The number of carbonyl (C=O) groups is 1. The highest BCUT2D eigenvalue weighted by Gasteiger charge is 2.16. The molecule has 0 saturated heterocycles. The smallest absolute Gasteiger partial charge is 0.325 e. The highest BCUT2D eigenvalue weighted by Crippen LogP contribution is 2.16. The van der Waals surface area contributed by atoms with Crippen LogP contribution in [-0.4, -0.2) is 15.0 Å². The fourth-order valence-electron chi connectivity index (χ4n) is 3.44. The molecule has 152 valence electrons. The van der Waals surface area contributed by atoms with Crippen LogP contribution in [0.3, 0.4) is 0 Å². The van der Waals surface area contributed by atoms with E-state index in [1.165, 1.54) is 20.5 Å². The predicted molar refractivity (Wildman–Crippen MR) is 120 cm³/mol. The molecule has 2 aromatic carbocycles. The summed E-state index contributed by atoms with van der Waals surface area (Å²) >= 11 is 1.28. The first-order chi connectivity index (χ1) is 14.5. The maximum Gasteiger partial charge on any atom is 0.332 e. The van der Waals surface area contributed by atoms with Gasteiger partial charge in [-0.25, -0.2) is 4.79 Å². The van der Waals surface area contributed by atoms with Crippen LogP contribution in [0.25, 0.3) is 10.2 Å². The molecule has 4 aromatic rings. The van der Waals surface area contributed by atoms with E-state index >= 15 is 0 Å². The van der Waals surface area contributed by atoms with Gasteiger partial charge in [-0.05, 0) is 48.1 Å². The highest BCUT2D eigenvalue weighted by atomic mass is 32.1. The zero-order valence-electron chi connectivity index (χ0n) is 16.5. The SMILES string of the molecule is Cc1cccc(NC(=O)Cn2c(=O)n(CCc3ccccc3)c(=O)c3sccc32)c1. The van der Waals surface area contributed by atoms with E-state index in [0.29, 0.717) is 22.3 Å².